The van der Waals surface area contributed by atoms with Gasteiger partial charge in [0, 0.05) is 12.2 Å². The minimum absolute atomic E-state index is 0.0208. The first kappa shape index (κ1) is 19.0. The van der Waals surface area contributed by atoms with Gasteiger partial charge in [-0.05, 0) is 43.0 Å². The van der Waals surface area contributed by atoms with Crippen LogP contribution in [0, 0.1) is 0 Å². The molecule has 0 aromatic carbocycles. The highest BCUT2D eigenvalue weighted by molar-refractivity contribution is 5.94. The second-order valence-electron chi connectivity index (χ2n) is 6.18. The van der Waals surface area contributed by atoms with Crippen LogP contribution in [0.5, 0.6) is 0 Å². The quantitative estimate of drug-likeness (QED) is 0.504. The van der Waals surface area contributed by atoms with Gasteiger partial charge in [-0.2, -0.15) is 0 Å². The van der Waals surface area contributed by atoms with E-state index in [2.05, 4.69) is 18.5 Å². The van der Waals surface area contributed by atoms with Crippen LogP contribution in [0.3, 0.4) is 0 Å². The van der Waals surface area contributed by atoms with E-state index in [4.69, 9.17) is 4.74 Å². The first-order valence-corrected chi connectivity index (χ1v) is 9.09. The van der Waals surface area contributed by atoms with E-state index in [1.54, 1.807) is 18.5 Å². The van der Waals surface area contributed by atoms with Crippen LogP contribution in [0.2, 0.25) is 0 Å². The molecule has 0 atom stereocenters. The third-order valence-electron chi connectivity index (χ3n) is 4.47. The summed E-state index contributed by atoms with van der Waals surface area (Å²) in [6.07, 6.45) is 15.4. The summed E-state index contributed by atoms with van der Waals surface area (Å²) in [4.78, 5) is 18.9. The zero-order chi connectivity index (χ0) is 17.9. The molecule has 1 heterocycles. The lowest BCUT2D eigenvalue weighted by molar-refractivity contribution is -0.122. The Morgan fingerprint density at radius 3 is 2.80 bits per heavy atom. The maximum absolute atomic E-state index is 12.7. The molecule has 0 unspecified atom stereocenters. The van der Waals surface area contributed by atoms with Gasteiger partial charge in [-0.1, -0.05) is 51.0 Å². The first-order chi connectivity index (χ1) is 12.3. The molecule has 4 heteroatoms. The van der Waals surface area contributed by atoms with Crippen molar-refractivity contribution in [3.63, 3.8) is 0 Å². The highest BCUT2D eigenvalue weighted by Gasteiger charge is 2.27. The maximum atomic E-state index is 12.7. The van der Waals surface area contributed by atoms with Crippen LogP contribution in [-0.4, -0.2) is 23.5 Å². The van der Waals surface area contributed by atoms with Gasteiger partial charge in [0.05, 0.1) is 6.26 Å². The highest BCUT2D eigenvalue weighted by Crippen LogP contribution is 2.26. The Morgan fingerprint density at radius 2 is 2.16 bits per heavy atom. The van der Waals surface area contributed by atoms with E-state index in [0.29, 0.717) is 5.82 Å². The fourth-order valence-electron chi connectivity index (χ4n) is 3.09. The average molecular weight is 340 g/mol. The second-order valence-corrected chi connectivity index (χ2v) is 6.18. The summed E-state index contributed by atoms with van der Waals surface area (Å²) in [7, 11) is 0. The predicted molar refractivity (Wildman–Crippen MR) is 102 cm³/mol. The number of nitrogens with zero attached hydrogens (tertiary/aromatic N) is 2. The Bertz CT molecular complexity index is 602. The van der Waals surface area contributed by atoms with Crippen molar-refractivity contribution in [2.24, 2.45) is 0 Å². The summed E-state index contributed by atoms with van der Waals surface area (Å²) < 4.78 is 5.45. The molecular formula is C21H28N2O2. The zero-order valence-electron chi connectivity index (χ0n) is 15.1. The summed E-state index contributed by atoms with van der Waals surface area (Å²) in [5.74, 6) is 0.672. The number of allylic oxidation sites excluding steroid dienone is 4. The molecule has 1 aliphatic rings. The number of ether oxygens (including phenoxy) is 1. The van der Waals surface area contributed by atoms with Gasteiger partial charge < -0.3 is 4.74 Å². The van der Waals surface area contributed by atoms with Gasteiger partial charge in [0.15, 0.2) is 6.61 Å². The van der Waals surface area contributed by atoms with Gasteiger partial charge in [0.1, 0.15) is 5.82 Å². The number of hydrogen-bond donors (Lipinski definition) is 0. The summed E-state index contributed by atoms with van der Waals surface area (Å²) in [6, 6.07) is 5.89. The smallest absolute Gasteiger partial charge is 0.266 e. The summed E-state index contributed by atoms with van der Waals surface area (Å²) in [5.41, 5.74) is 1.13. The van der Waals surface area contributed by atoms with Crippen molar-refractivity contribution in [3.05, 3.63) is 61.0 Å². The van der Waals surface area contributed by atoms with E-state index in [0.717, 1.165) is 37.7 Å². The van der Waals surface area contributed by atoms with Crippen LogP contribution in [0.4, 0.5) is 5.82 Å². The number of amides is 1. The van der Waals surface area contributed by atoms with E-state index < -0.39 is 0 Å². The fourth-order valence-corrected chi connectivity index (χ4v) is 3.09. The molecule has 134 valence electrons. The summed E-state index contributed by atoms with van der Waals surface area (Å²) in [5, 5.41) is 0. The van der Waals surface area contributed by atoms with Crippen molar-refractivity contribution >= 4 is 11.7 Å². The molecule has 0 spiro atoms. The second kappa shape index (κ2) is 10.5. The number of carbonyl (C=O) groups is 1. The van der Waals surface area contributed by atoms with Crippen LogP contribution >= 0.6 is 0 Å². The normalized spacial score (nSPS) is 16.0. The number of hydrogen-bond acceptors (Lipinski definition) is 3. The molecule has 1 aliphatic carbocycles. The van der Waals surface area contributed by atoms with E-state index in [1.165, 1.54) is 6.42 Å². The van der Waals surface area contributed by atoms with Crippen molar-refractivity contribution in [2.45, 2.75) is 51.5 Å². The Kier molecular flexibility index (Phi) is 7.96. The number of carbonyl (C=O) groups excluding carboxylic acids is 1. The maximum Gasteiger partial charge on any atom is 0.266 e. The molecule has 1 saturated carbocycles. The van der Waals surface area contributed by atoms with E-state index in [-0.39, 0.29) is 18.6 Å². The van der Waals surface area contributed by atoms with Crippen molar-refractivity contribution in [1.82, 2.24) is 4.98 Å². The molecule has 1 aromatic rings. The lowest BCUT2D eigenvalue weighted by Crippen LogP contribution is -2.43. The Hall–Kier alpha value is -2.36. The van der Waals surface area contributed by atoms with Gasteiger partial charge in [-0.25, -0.2) is 4.98 Å². The van der Waals surface area contributed by atoms with Crippen LogP contribution in [0.1, 0.15) is 45.4 Å². The standard InChI is InChI=1S/C21H28N2O2/c1-3-18(4-2)11-10-16-25-17-21(24)23(19-12-6-5-7-13-19)20-14-8-9-15-22-20/h3,8-11,14-16,19H,1,4-7,12-13,17H2,2H3/b16-10+,18-11+. The van der Waals surface area contributed by atoms with E-state index in [1.807, 2.05) is 35.3 Å². The summed E-state index contributed by atoms with van der Waals surface area (Å²) in [6.45, 7) is 5.85. The Labute approximate surface area is 150 Å². The molecule has 25 heavy (non-hydrogen) atoms. The topological polar surface area (TPSA) is 42.4 Å². The van der Waals surface area contributed by atoms with Crippen molar-refractivity contribution in [3.8, 4) is 0 Å². The third-order valence-corrected chi connectivity index (χ3v) is 4.47. The predicted octanol–water partition coefficient (Wildman–Crippen LogP) is 4.80. The summed E-state index contributed by atoms with van der Waals surface area (Å²) >= 11 is 0. The van der Waals surface area contributed by atoms with Crippen molar-refractivity contribution in [1.29, 1.82) is 0 Å². The van der Waals surface area contributed by atoms with Gasteiger partial charge in [-0.15, -0.1) is 0 Å². The largest absolute Gasteiger partial charge is 0.491 e. The molecule has 0 aliphatic heterocycles. The first-order valence-electron chi connectivity index (χ1n) is 9.09. The number of pyridine rings is 1. The van der Waals surface area contributed by atoms with Gasteiger partial charge in [0.25, 0.3) is 5.91 Å². The van der Waals surface area contributed by atoms with Gasteiger partial charge in [-0.3, -0.25) is 9.69 Å². The van der Waals surface area contributed by atoms with Crippen LogP contribution in [0.25, 0.3) is 0 Å². The van der Waals surface area contributed by atoms with Gasteiger partial charge >= 0.3 is 0 Å². The molecule has 1 amide bonds. The molecule has 0 saturated heterocycles. The van der Waals surface area contributed by atoms with Crippen molar-refractivity contribution in [2.75, 3.05) is 11.5 Å². The molecule has 4 nitrogen and oxygen atoms in total. The fraction of sp³-hybridized carbons (Fsp3) is 0.429. The molecule has 1 aromatic heterocycles. The highest BCUT2D eigenvalue weighted by atomic mass is 16.5. The lowest BCUT2D eigenvalue weighted by atomic mass is 9.94. The average Bonchev–Trinajstić information content (AvgIpc) is 2.66. The Balaban J connectivity index is 1.99. The van der Waals surface area contributed by atoms with Crippen LogP contribution in [0.15, 0.2) is 61.0 Å². The minimum Gasteiger partial charge on any atom is -0.491 e. The molecular weight excluding hydrogens is 312 g/mol. The molecule has 1 fully saturated rings. The SMILES string of the molecule is C=C/C(=C\C=C\OCC(=O)N(c1ccccn1)C1CCCCC1)CC. The zero-order valence-corrected chi connectivity index (χ0v) is 15.1. The lowest BCUT2D eigenvalue weighted by Gasteiger charge is -2.33. The molecule has 0 bridgehead atoms. The molecule has 0 radical (unpaired) electrons. The Morgan fingerprint density at radius 1 is 1.36 bits per heavy atom. The van der Waals surface area contributed by atoms with Gasteiger partial charge in [0.2, 0.25) is 0 Å². The monoisotopic (exact) mass is 340 g/mol. The van der Waals surface area contributed by atoms with E-state index >= 15 is 0 Å². The molecule has 2 rings (SSSR count). The minimum atomic E-state index is -0.0429. The number of aromatic nitrogens is 1. The number of anilines is 1. The van der Waals surface area contributed by atoms with Crippen LogP contribution in [-0.2, 0) is 9.53 Å². The van der Waals surface area contributed by atoms with Crippen molar-refractivity contribution < 1.29 is 9.53 Å². The third kappa shape index (κ3) is 5.89. The number of rotatable bonds is 8. The van der Waals surface area contributed by atoms with Crippen LogP contribution < -0.4 is 4.90 Å². The van der Waals surface area contributed by atoms with E-state index in [9.17, 15) is 4.79 Å². The molecule has 0 N–H and O–H groups in total.